The van der Waals surface area contributed by atoms with Crippen molar-refractivity contribution in [1.82, 2.24) is 10.6 Å². The summed E-state index contributed by atoms with van der Waals surface area (Å²) in [5, 5.41) is 6.79. The lowest BCUT2D eigenvalue weighted by atomic mass is 10.2. The molecule has 0 unspecified atom stereocenters. The van der Waals surface area contributed by atoms with Gasteiger partial charge in [-0.3, -0.25) is 14.3 Å². The van der Waals surface area contributed by atoms with Crippen molar-refractivity contribution in [3.05, 3.63) is 83.0 Å². The summed E-state index contributed by atoms with van der Waals surface area (Å²) >= 11 is 1.09. The lowest BCUT2D eigenvalue weighted by Crippen LogP contribution is -2.35. The van der Waals surface area contributed by atoms with E-state index < -0.39 is 27.7 Å². The van der Waals surface area contributed by atoms with Crippen molar-refractivity contribution in [2.24, 2.45) is 0 Å². The van der Waals surface area contributed by atoms with Crippen molar-refractivity contribution in [2.75, 3.05) is 17.8 Å². The van der Waals surface area contributed by atoms with Crippen molar-refractivity contribution in [1.29, 1.82) is 0 Å². The Kier molecular flexibility index (Phi) is 6.80. The predicted octanol–water partition coefficient (Wildman–Crippen LogP) is 2.85. The van der Waals surface area contributed by atoms with Gasteiger partial charge in [-0.15, -0.1) is 11.3 Å². The van der Waals surface area contributed by atoms with Gasteiger partial charge in [0.05, 0.1) is 5.56 Å². The Hall–Kier alpha value is -3.24. The number of carbonyl (C=O) groups is 2. The highest BCUT2D eigenvalue weighted by molar-refractivity contribution is 7.94. The summed E-state index contributed by atoms with van der Waals surface area (Å²) in [6, 6.07) is 14.8. The standard InChI is InChI=1S/C20H18FN3O4S2/c21-17-8-2-1-7-16(17)20(26)23-11-10-22-19(25)14-5-3-6-15(13-14)24-30(27,28)18-9-4-12-29-18/h1-9,12-13,24H,10-11H2,(H,22,25)(H,23,26). The molecule has 156 valence electrons. The topological polar surface area (TPSA) is 104 Å². The number of amides is 2. The molecule has 0 radical (unpaired) electrons. The Morgan fingerprint density at radius 2 is 1.63 bits per heavy atom. The predicted molar refractivity (Wildman–Crippen MR) is 113 cm³/mol. The molecule has 0 atom stereocenters. The first-order chi connectivity index (χ1) is 14.4. The van der Waals surface area contributed by atoms with Crippen LogP contribution in [0.2, 0.25) is 0 Å². The number of sulfonamides is 1. The van der Waals surface area contributed by atoms with Gasteiger partial charge in [-0.05, 0) is 41.8 Å². The smallest absolute Gasteiger partial charge is 0.271 e. The van der Waals surface area contributed by atoms with Crippen LogP contribution in [0.25, 0.3) is 0 Å². The highest BCUT2D eigenvalue weighted by Gasteiger charge is 2.16. The highest BCUT2D eigenvalue weighted by atomic mass is 32.2. The van der Waals surface area contributed by atoms with Crippen LogP contribution in [0.4, 0.5) is 10.1 Å². The highest BCUT2D eigenvalue weighted by Crippen LogP contribution is 2.20. The van der Waals surface area contributed by atoms with E-state index in [4.69, 9.17) is 0 Å². The average Bonchev–Trinajstić information content (AvgIpc) is 3.27. The minimum absolute atomic E-state index is 0.0745. The van der Waals surface area contributed by atoms with Gasteiger partial charge in [0.2, 0.25) is 0 Å². The number of carbonyl (C=O) groups excluding carboxylic acids is 2. The zero-order valence-corrected chi connectivity index (χ0v) is 17.2. The van der Waals surface area contributed by atoms with Crippen LogP contribution in [0.15, 0.2) is 70.3 Å². The third-order valence-electron chi connectivity index (χ3n) is 3.95. The van der Waals surface area contributed by atoms with Crippen molar-refractivity contribution >= 4 is 38.9 Å². The van der Waals surface area contributed by atoms with E-state index in [1.165, 1.54) is 42.5 Å². The van der Waals surface area contributed by atoms with E-state index in [1.54, 1.807) is 23.6 Å². The summed E-state index contributed by atoms with van der Waals surface area (Å²) in [6.07, 6.45) is 0. The van der Waals surface area contributed by atoms with E-state index in [2.05, 4.69) is 15.4 Å². The normalized spacial score (nSPS) is 11.0. The van der Waals surface area contributed by atoms with Gasteiger partial charge in [0, 0.05) is 24.3 Å². The molecule has 0 fully saturated rings. The molecule has 3 aromatic rings. The number of hydrogen-bond donors (Lipinski definition) is 3. The third-order valence-corrected chi connectivity index (χ3v) is 6.73. The van der Waals surface area contributed by atoms with E-state index in [1.807, 2.05) is 0 Å². The second-order valence-electron chi connectivity index (χ2n) is 6.11. The summed E-state index contributed by atoms with van der Waals surface area (Å²) in [5.74, 6) is -1.64. The SMILES string of the molecule is O=C(NCCNC(=O)c1ccccc1F)c1cccc(NS(=O)(=O)c2cccs2)c1. The molecule has 3 rings (SSSR count). The number of nitrogens with one attached hydrogen (secondary N) is 3. The van der Waals surface area contributed by atoms with Crippen molar-refractivity contribution in [3.8, 4) is 0 Å². The molecule has 0 saturated heterocycles. The van der Waals surface area contributed by atoms with E-state index in [-0.39, 0.29) is 34.1 Å². The maximum atomic E-state index is 13.6. The monoisotopic (exact) mass is 447 g/mol. The number of halogens is 1. The molecule has 2 amide bonds. The van der Waals surface area contributed by atoms with Crippen molar-refractivity contribution in [2.45, 2.75) is 4.21 Å². The molecule has 0 bridgehead atoms. The molecular formula is C20H18FN3O4S2. The number of anilines is 1. The van der Waals surface area contributed by atoms with E-state index in [9.17, 15) is 22.4 Å². The van der Waals surface area contributed by atoms with Crippen LogP contribution < -0.4 is 15.4 Å². The van der Waals surface area contributed by atoms with Crippen LogP contribution in [0.1, 0.15) is 20.7 Å². The van der Waals surface area contributed by atoms with Gasteiger partial charge < -0.3 is 10.6 Å². The molecule has 0 aliphatic rings. The van der Waals surface area contributed by atoms with Gasteiger partial charge in [0.25, 0.3) is 21.8 Å². The second-order valence-corrected chi connectivity index (χ2v) is 8.97. The molecule has 30 heavy (non-hydrogen) atoms. The molecule has 7 nitrogen and oxygen atoms in total. The Balaban J connectivity index is 1.53. The summed E-state index contributed by atoms with van der Waals surface area (Å²) in [7, 11) is -3.71. The Labute approximate surface area is 177 Å². The van der Waals surface area contributed by atoms with Gasteiger partial charge in [-0.2, -0.15) is 0 Å². The molecule has 0 spiro atoms. The summed E-state index contributed by atoms with van der Waals surface area (Å²) in [6.45, 7) is 0.216. The van der Waals surface area contributed by atoms with Crippen molar-refractivity contribution in [3.63, 3.8) is 0 Å². The number of hydrogen-bond acceptors (Lipinski definition) is 5. The van der Waals surface area contributed by atoms with Gasteiger partial charge in [-0.25, -0.2) is 12.8 Å². The van der Waals surface area contributed by atoms with Crippen molar-refractivity contribution < 1.29 is 22.4 Å². The van der Waals surface area contributed by atoms with Gasteiger partial charge in [-0.1, -0.05) is 24.3 Å². The molecule has 1 aromatic heterocycles. The van der Waals surface area contributed by atoms with E-state index in [0.29, 0.717) is 0 Å². The first kappa shape index (κ1) is 21.5. The zero-order chi connectivity index (χ0) is 21.6. The fraction of sp³-hybridized carbons (Fsp3) is 0.100. The summed E-state index contributed by atoms with van der Waals surface area (Å²) in [5.41, 5.74) is 0.431. The van der Waals surface area contributed by atoms with Gasteiger partial charge in [0.15, 0.2) is 0 Å². The summed E-state index contributed by atoms with van der Waals surface area (Å²) in [4.78, 5) is 24.2. The first-order valence-electron chi connectivity index (χ1n) is 8.84. The van der Waals surface area contributed by atoms with Crippen LogP contribution in [0, 0.1) is 5.82 Å². The molecule has 1 heterocycles. The minimum Gasteiger partial charge on any atom is -0.350 e. The molecular weight excluding hydrogens is 429 g/mol. The van der Waals surface area contributed by atoms with Crippen LogP contribution in [-0.4, -0.2) is 33.3 Å². The maximum Gasteiger partial charge on any atom is 0.271 e. The van der Waals surface area contributed by atoms with Gasteiger partial charge in [0.1, 0.15) is 10.0 Å². The number of rotatable bonds is 8. The van der Waals surface area contributed by atoms with E-state index in [0.717, 1.165) is 11.3 Å². The summed E-state index contributed by atoms with van der Waals surface area (Å²) < 4.78 is 40.7. The fourth-order valence-corrected chi connectivity index (χ4v) is 4.58. The van der Waals surface area contributed by atoms with Crippen LogP contribution in [0.5, 0.6) is 0 Å². The number of thiophene rings is 1. The molecule has 10 heteroatoms. The van der Waals surface area contributed by atoms with Gasteiger partial charge >= 0.3 is 0 Å². The largest absolute Gasteiger partial charge is 0.350 e. The zero-order valence-electron chi connectivity index (χ0n) is 15.6. The number of benzene rings is 2. The van der Waals surface area contributed by atoms with Crippen LogP contribution in [-0.2, 0) is 10.0 Å². The van der Waals surface area contributed by atoms with E-state index >= 15 is 0 Å². The Morgan fingerprint density at radius 1 is 0.900 bits per heavy atom. The molecule has 3 N–H and O–H groups in total. The molecule has 0 aliphatic heterocycles. The average molecular weight is 448 g/mol. The van der Waals surface area contributed by atoms with Crippen LogP contribution in [0.3, 0.4) is 0 Å². The second kappa shape index (κ2) is 9.51. The fourth-order valence-electron chi connectivity index (χ4n) is 2.54. The Morgan fingerprint density at radius 3 is 2.33 bits per heavy atom. The maximum absolute atomic E-state index is 13.6. The first-order valence-corrected chi connectivity index (χ1v) is 11.2. The quantitative estimate of drug-likeness (QED) is 0.462. The lowest BCUT2D eigenvalue weighted by Gasteiger charge is -2.10. The lowest BCUT2D eigenvalue weighted by molar-refractivity contribution is 0.0925. The third kappa shape index (κ3) is 5.43. The molecule has 2 aromatic carbocycles. The Bertz CT molecular complexity index is 1150. The molecule has 0 saturated carbocycles. The molecule has 0 aliphatic carbocycles. The van der Waals surface area contributed by atoms with Crippen LogP contribution >= 0.6 is 11.3 Å². The minimum atomic E-state index is -3.71.